The fraction of sp³-hybridized carbons (Fsp3) is 0.222. The molecule has 0 saturated carbocycles. The van der Waals surface area contributed by atoms with Crippen molar-refractivity contribution in [3.05, 3.63) is 64.9 Å². The van der Waals surface area contributed by atoms with Crippen molar-refractivity contribution >= 4 is 29.1 Å². The quantitative estimate of drug-likeness (QED) is 0.861. The molecule has 0 heterocycles. The van der Waals surface area contributed by atoms with Gasteiger partial charge in [0, 0.05) is 5.69 Å². The van der Waals surface area contributed by atoms with E-state index in [1.165, 1.54) is 18.2 Å². The summed E-state index contributed by atoms with van der Waals surface area (Å²) in [5.74, 6) is -1.47. The van der Waals surface area contributed by atoms with Gasteiger partial charge in [-0.1, -0.05) is 43.6 Å². The van der Waals surface area contributed by atoms with E-state index in [4.69, 9.17) is 11.6 Å². The first-order chi connectivity index (χ1) is 11.4. The lowest BCUT2D eigenvalue weighted by molar-refractivity contribution is -0.118. The molecule has 0 bridgehead atoms. The third-order valence-electron chi connectivity index (χ3n) is 3.45. The highest BCUT2D eigenvalue weighted by Crippen LogP contribution is 2.16. The van der Waals surface area contributed by atoms with Gasteiger partial charge in [-0.2, -0.15) is 0 Å². The van der Waals surface area contributed by atoms with Gasteiger partial charge in [-0.15, -0.1) is 0 Å². The number of hydrogen-bond donors (Lipinski definition) is 2. The largest absolute Gasteiger partial charge is 0.340 e. The van der Waals surface area contributed by atoms with Gasteiger partial charge in [-0.3, -0.25) is 9.59 Å². The number of carbonyl (C=O) groups is 2. The molecule has 126 valence electrons. The Morgan fingerprint density at radius 2 is 1.79 bits per heavy atom. The summed E-state index contributed by atoms with van der Waals surface area (Å²) >= 11 is 6.01. The Morgan fingerprint density at radius 3 is 2.42 bits per heavy atom. The van der Waals surface area contributed by atoms with Crippen molar-refractivity contribution in [2.45, 2.75) is 19.9 Å². The molecule has 6 heteroatoms. The third kappa shape index (κ3) is 4.55. The summed E-state index contributed by atoms with van der Waals surface area (Å²) < 4.78 is 13.2. The van der Waals surface area contributed by atoms with E-state index >= 15 is 0 Å². The molecule has 0 saturated heterocycles. The maximum absolute atomic E-state index is 13.2. The molecule has 24 heavy (non-hydrogen) atoms. The molecule has 0 fully saturated rings. The molecule has 0 spiro atoms. The van der Waals surface area contributed by atoms with Gasteiger partial charge in [0.2, 0.25) is 5.91 Å². The lowest BCUT2D eigenvalue weighted by atomic mass is 10.0. The van der Waals surface area contributed by atoms with Crippen LogP contribution in [0.3, 0.4) is 0 Å². The van der Waals surface area contributed by atoms with E-state index in [2.05, 4.69) is 10.6 Å². The Morgan fingerprint density at radius 1 is 1.08 bits per heavy atom. The first-order valence-corrected chi connectivity index (χ1v) is 7.88. The predicted molar refractivity (Wildman–Crippen MR) is 92.6 cm³/mol. The van der Waals surface area contributed by atoms with Crippen molar-refractivity contribution in [1.82, 2.24) is 5.32 Å². The molecule has 2 amide bonds. The number of rotatable bonds is 5. The van der Waals surface area contributed by atoms with Crippen LogP contribution in [0.15, 0.2) is 48.5 Å². The van der Waals surface area contributed by atoms with E-state index in [0.29, 0.717) is 16.3 Å². The van der Waals surface area contributed by atoms with Crippen molar-refractivity contribution in [3.8, 4) is 0 Å². The Balaban J connectivity index is 2.13. The summed E-state index contributed by atoms with van der Waals surface area (Å²) in [6.07, 6.45) is 0. The molecule has 2 aromatic rings. The molecular formula is C18H18ClFN2O2. The number of benzene rings is 2. The van der Waals surface area contributed by atoms with Crippen molar-refractivity contribution < 1.29 is 14.0 Å². The van der Waals surface area contributed by atoms with Gasteiger partial charge < -0.3 is 10.6 Å². The van der Waals surface area contributed by atoms with Gasteiger partial charge in [0.25, 0.3) is 5.91 Å². The van der Waals surface area contributed by atoms with Gasteiger partial charge >= 0.3 is 0 Å². The summed E-state index contributed by atoms with van der Waals surface area (Å²) in [7, 11) is 0. The van der Waals surface area contributed by atoms with Crippen LogP contribution in [-0.2, 0) is 4.79 Å². The van der Waals surface area contributed by atoms with Crippen LogP contribution in [-0.4, -0.2) is 17.9 Å². The Labute approximate surface area is 145 Å². The van der Waals surface area contributed by atoms with Gasteiger partial charge in [-0.25, -0.2) is 4.39 Å². The molecule has 1 unspecified atom stereocenters. The molecule has 2 rings (SSSR count). The van der Waals surface area contributed by atoms with Gasteiger partial charge in [0.1, 0.15) is 11.9 Å². The zero-order valence-electron chi connectivity index (χ0n) is 13.3. The topological polar surface area (TPSA) is 58.2 Å². The van der Waals surface area contributed by atoms with E-state index in [1.54, 1.807) is 30.3 Å². The van der Waals surface area contributed by atoms with Gasteiger partial charge in [0.15, 0.2) is 0 Å². The zero-order chi connectivity index (χ0) is 17.7. The fourth-order valence-corrected chi connectivity index (χ4v) is 2.41. The number of amides is 2. The minimum Gasteiger partial charge on any atom is -0.340 e. The summed E-state index contributed by atoms with van der Waals surface area (Å²) in [6.45, 7) is 3.62. The maximum atomic E-state index is 13.2. The predicted octanol–water partition coefficient (Wildman–Crippen LogP) is 3.87. The van der Waals surface area contributed by atoms with Crippen LogP contribution in [0.4, 0.5) is 10.1 Å². The van der Waals surface area contributed by atoms with E-state index < -0.39 is 23.7 Å². The van der Waals surface area contributed by atoms with E-state index in [9.17, 15) is 14.0 Å². The first kappa shape index (κ1) is 17.9. The lowest BCUT2D eigenvalue weighted by Gasteiger charge is -2.22. The van der Waals surface area contributed by atoms with Crippen LogP contribution < -0.4 is 10.6 Å². The highest BCUT2D eigenvalue weighted by atomic mass is 35.5. The Hall–Kier alpha value is -2.40. The van der Waals surface area contributed by atoms with Crippen LogP contribution in [0.25, 0.3) is 0 Å². The third-order valence-corrected chi connectivity index (χ3v) is 3.78. The molecule has 4 nitrogen and oxygen atoms in total. The average Bonchev–Trinajstić information content (AvgIpc) is 2.52. The second-order valence-corrected chi connectivity index (χ2v) is 6.08. The van der Waals surface area contributed by atoms with Crippen molar-refractivity contribution in [2.24, 2.45) is 5.92 Å². The Bertz CT molecular complexity index is 749. The van der Waals surface area contributed by atoms with Crippen LogP contribution in [0, 0.1) is 11.7 Å². The number of hydrogen-bond acceptors (Lipinski definition) is 2. The number of halogens is 2. The summed E-state index contributed by atoms with van der Waals surface area (Å²) in [5.41, 5.74) is 0.626. The van der Waals surface area contributed by atoms with Gasteiger partial charge in [-0.05, 0) is 36.2 Å². The highest BCUT2D eigenvalue weighted by Gasteiger charge is 2.25. The molecule has 1 atom stereocenters. The molecule has 0 aliphatic heterocycles. The first-order valence-electron chi connectivity index (χ1n) is 7.50. The molecule has 2 aromatic carbocycles. The molecule has 0 radical (unpaired) electrons. The molecule has 0 aromatic heterocycles. The maximum Gasteiger partial charge on any atom is 0.253 e. The van der Waals surface area contributed by atoms with Crippen molar-refractivity contribution in [1.29, 1.82) is 0 Å². The minimum atomic E-state index is -0.781. The highest BCUT2D eigenvalue weighted by molar-refractivity contribution is 6.33. The fourth-order valence-electron chi connectivity index (χ4n) is 2.19. The standard InChI is InChI=1S/C18H18ClFN2O2/c1-11(2)16(18(24)21-13-7-5-6-12(20)10-13)22-17(23)14-8-3-4-9-15(14)19/h3-11,16H,1-2H3,(H,21,24)(H,22,23). The molecule has 0 aliphatic carbocycles. The van der Waals surface area contributed by atoms with Crippen molar-refractivity contribution in [3.63, 3.8) is 0 Å². The SMILES string of the molecule is CC(C)C(NC(=O)c1ccccc1Cl)C(=O)Nc1cccc(F)c1. The monoisotopic (exact) mass is 348 g/mol. The zero-order valence-corrected chi connectivity index (χ0v) is 14.1. The summed E-state index contributed by atoms with van der Waals surface area (Å²) in [4.78, 5) is 24.8. The van der Waals surface area contributed by atoms with Crippen LogP contribution in [0.5, 0.6) is 0 Å². The smallest absolute Gasteiger partial charge is 0.253 e. The van der Waals surface area contributed by atoms with Crippen LogP contribution in [0.2, 0.25) is 5.02 Å². The molecule has 2 N–H and O–H groups in total. The summed E-state index contributed by atoms with van der Waals surface area (Å²) in [6, 6.07) is 11.4. The molecule has 0 aliphatic rings. The van der Waals surface area contributed by atoms with Crippen molar-refractivity contribution in [2.75, 3.05) is 5.32 Å². The van der Waals surface area contributed by atoms with E-state index in [1.807, 2.05) is 13.8 Å². The van der Waals surface area contributed by atoms with Crippen LogP contribution >= 0.6 is 11.6 Å². The molecular weight excluding hydrogens is 331 g/mol. The summed E-state index contributed by atoms with van der Waals surface area (Å²) in [5, 5.41) is 5.60. The Kier molecular flexibility index (Phi) is 5.93. The minimum absolute atomic E-state index is 0.162. The second-order valence-electron chi connectivity index (χ2n) is 5.67. The lowest BCUT2D eigenvalue weighted by Crippen LogP contribution is -2.47. The van der Waals surface area contributed by atoms with E-state index in [0.717, 1.165) is 0 Å². The van der Waals surface area contributed by atoms with Gasteiger partial charge in [0.05, 0.1) is 10.6 Å². The average molecular weight is 349 g/mol. The van der Waals surface area contributed by atoms with E-state index in [-0.39, 0.29) is 5.92 Å². The number of carbonyl (C=O) groups excluding carboxylic acids is 2. The normalized spacial score (nSPS) is 11.9. The second kappa shape index (κ2) is 7.93. The number of nitrogens with one attached hydrogen (secondary N) is 2. The van der Waals surface area contributed by atoms with Crippen LogP contribution in [0.1, 0.15) is 24.2 Å². The number of anilines is 1.